The Hall–Kier alpha value is -0.520. The molecular formula is C6H3Cl2FO3S. The molecule has 0 bridgehead atoms. The maximum atomic E-state index is 12.8. The largest absolute Gasteiger partial charge is 0.506 e. The maximum absolute atomic E-state index is 12.8. The van der Waals surface area contributed by atoms with Gasteiger partial charge in [-0.2, -0.15) is 0 Å². The van der Waals surface area contributed by atoms with E-state index in [4.69, 9.17) is 27.4 Å². The smallest absolute Gasteiger partial charge is 0.264 e. The van der Waals surface area contributed by atoms with Gasteiger partial charge in [-0.05, 0) is 6.07 Å². The average molecular weight is 245 g/mol. The number of hydrogen-bond donors (Lipinski definition) is 1. The van der Waals surface area contributed by atoms with Crippen molar-refractivity contribution in [2.75, 3.05) is 0 Å². The molecule has 0 spiro atoms. The Labute approximate surface area is 83.1 Å². The summed E-state index contributed by atoms with van der Waals surface area (Å²) in [5, 5.41) is 8.60. The highest BCUT2D eigenvalue weighted by Crippen LogP contribution is 2.29. The number of phenolic OH excluding ortho intramolecular Hbond substituents is 1. The molecule has 0 atom stereocenters. The van der Waals surface area contributed by atoms with Crippen LogP contribution in [-0.4, -0.2) is 13.5 Å². The summed E-state index contributed by atoms with van der Waals surface area (Å²) in [4.78, 5) is -0.753. The summed E-state index contributed by atoms with van der Waals surface area (Å²) >= 11 is 5.35. The summed E-state index contributed by atoms with van der Waals surface area (Å²) in [5.41, 5.74) is 0. The van der Waals surface area contributed by atoms with Gasteiger partial charge in [-0.25, -0.2) is 12.8 Å². The van der Waals surface area contributed by atoms with E-state index in [0.29, 0.717) is 6.07 Å². The van der Waals surface area contributed by atoms with Gasteiger partial charge in [0.1, 0.15) is 16.5 Å². The van der Waals surface area contributed by atoms with Crippen LogP contribution in [0.4, 0.5) is 4.39 Å². The van der Waals surface area contributed by atoms with Crippen molar-refractivity contribution in [3.8, 4) is 5.75 Å². The Bertz CT molecular complexity index is 443. The van der Waals surface area contributed by atoms with Crippen molar-refractivity contribution in [1.82, 2.24) is 0 Å². The van der Waals surface area contributed by atoms with Gasteiger partial charge >= 0.3 is 0 Å². The first-order valence-electron chi connectivity index (χ1n) is 2.95. The van der Waals surface area contributed by atoms with Crippen molar-refractivity contribution in [3.05, 3.63) is 23.0 Å². The second kappa shape index (κ2) is 3.32. The SMILES string of the molecule is O=S(=O)(Cl)c1cc(Cl)c(O)cc1F. The highest BCUT2D eigenvalue weighted by atomic mass is 35.7. The lowest BCUT2D eigenvalue weighted by atomic mass is 10.3. The summed E-state index contributed by atoms with van der Waals surface area (Å²) in [6.07, 6.45) is 0. The van der Waals surface area contributed by atoms with Gasteiger partial charge in [0.2, 0.25) is 0 Å². The van der Waals surface area contributed by atoms with E-state index >= 15 is 0 Å². The summed E-state index contributed by atoms with van der Waals surface area (Å²) in [6.45, 7) is 0. The second-order valence-corrected chi connectivity index (χ2v) is 5.11. The van der Waals surface area contributed by atoms with E-state index in [1.54, 1.807) is 0 Å². The van der Waals surface area contributed by atoms with Gasteiger partial charge in [0.05, 0.1) is 5.02 Å². The molecule has 7 heteroatoms. The van der Waals surface area contributed by atoms with Crippen LogP contribution in [0.15, 0.2) is 17.0 Å². The Balaban J connectivity index is 3.50. The topological polar surface area (TPSA) is 54.4 Å². The molecule has 1 aromatic rings. The van der Waals surface area contributed by atoms with Gasteiger partial charge in [0, 0.05) is 16.7 Å². The first kappa shape index (κ1) is 10.6. The lowest BCUT2D eigenvalue weighted by Gasteiger charge is -2.01. The molecule has 1 N–H and O–H groups in total. The average Bonchev–Trinajstić information content (AvgIpc) is 1.94. The molecule has 0 fully saturated rings. The van der Waals surface area contributed by atoms with E-state index in [-0.39, 0.29) is 5.02 Å². The number of halogens is 3. The summed E-state index contributed by atoms with van der Waals surface area (Å²) < 4.78 is 34.2. The van der Waals surface area contributed by atoms with E-state index < -0.39 is 25.5 Å². The molecule has 72 valence electrons. The van der Waals surface area contributed by atoms with Gasteiger partial charge in [0.25, 0.3) is 9.05 Å². The van der Waals surface area contributed by atoms with Gasteiger partial charge < -0.3 is 5.11 Å². The van der Waals surface area contributed by atoms with Crippen LogP contribution in [-0.2, 0) is 9.05 Å². The van der Waals surface area contributed by atoms with Crippen LogP contribution in [0, 0.1) is 5.82 Å². The molecule has 0 radical (unpaired) electrons. The number of benzene rings is 1. The number of hydrogen-bond acceptors (Lipinski definition) is 3. The Kier molecular flexibility index (Phi) is 2.70. The van der Waals surface area contributed by atoms with Crippen LogP contribution in [0.1, 0.15) is 0 Å². The molecule has 0 heterocycles. The molecule has 13 heavy (non-hydrogen) atoms. The third-order valence-electron chi connectivity index (χ3n) is 1.26. The highest BCUT2D eigenvalue weighted by molar-refractivity contribution is 8.13. The molecular weight excluding hydrogens is 242 g/mol. The summed E-state index contributed by atoms with van der Waals surface area (Å²) in [7, 11) is 0.709. The zero-order chi connectivity index (χ0) is 10.2. The first-order valence-corrected chi connectivity index (χ1v) is 5.64. The molecule has 0 aliphatic heterocycles. The number of aromatic hydroxyl groups is 1. The molecule has 0 aliphatic rings. The van der Waals surface area contributed by atoms with Crippen molar-refractivity contribution in [1.29, 1.82) is 0 Å². The monoisotopic (exact) mass is 244 g/mol. The van der Waals surface area contributed by atoms with Crippen LogP contribution >= 0.6 is 22.3 Å². The van der Waals surface area contributed by atoms with E-state index in [1.807, 2.05) is 0 Å². The predicted octanol–water partition coefficient (Wildman–Crippen LogP) is 2.11. The van der Waals surface area contributed by atoms with Gasteiger partial charge in [-0.15, -0.1) is 0 Å². The van der Waals surface area contributed by atoms with Crippen molar-refractivity contribution >= 4 is 31.3 Å². The van der Waals surface area contributed by atoms with Crippen LogP contribution in [0.3, 0.4) is 0 Å². The maximum Gasteiger partial charge on any atom is 0.264 e. The quantitative estimate of drug-likeness (QED) is 0.771. The number of rotatable bonds is 1. The molecule has 0 saturated heterocycles. The lowest BCUT2D eigenvalue weighted by Crippen LogP contribution is -1.95. The zero-order valence-electron chi connectivity index (χ0n) is 5.96. The third-order valence-corrected chi connectivity index (χ3v) is 2.90. The van der Waals surface area contributed by atoms with Gasteiger partial charge in [0.15, 0.2) is 0 Å². The fraction of sp³-hybridized carbons (Fsp3) is 0. The second-order valence-electron chi connectivity index (χ2n) is 2.17. The van der Waals surface area contributed by atoms with Crippen molar-refractivity contribution in [3.63, 3.8) is 0 Å². The van der Waals surface area contributed by atoms with Crippen LogP contribution < -0.4 is 0 Å². The molecule has 1 aromatic carbocycles. The van der Waals surface area contributed by atoms with E-state index in [2.05, 4.69) is 0 Å². The zero-order valence-corrected chi connectivity index (χ0v) is 8.29. The minimum atomic E-state index is -4.17. The molecule has 0 aliphatic carbocycles. The molecule has 0 aromatic heterocycles. The van der Waals surface area contributed by atoms with Crippen molar-refractivity contribution < 1.29 is 17.9 Å². The summed E-state index contributed by atoms with van der Waals surface area (Å²) in [5.74, 6) is -1.68. The fourth-order valence-corrected chi connectivity index (χ4v) is 1.84. The van der Waals surface area contributed by atoms with Crippen LogP contribution in [0.2, 0.25) is 5.02 Å². The predicted molar refractivity (Wildman–Crippen MR) is 46.1 cm³/mol. The van der Waals surface area contributed by atoms with E-state index in [1.165, 1.54) is 0 Å². The van der Waals surface area contributed by atoms with Crippen LogP contribution in [0.5, 0.6) is 5.75 Å². The lowest BCUT2D eigenvalue weighted by molar-refractivity contribution is 0.466. The van der Waals surface area contributed by atoms with Gasteiger partial charge in [-0.3, -0.25) is 0 Å². The fourth-order valence-electron chi connectivity index (χ4n) is 0.705. The molecule has 1 rings (SSSR count). The summed E-state index contributed by atoms with van der Waals surface area (Å²) in [6, 6.07) is 1.33. The molecule has 0 amide bonds. The molecule has 0 unspecified atom stereocenters. The van der Waals surface area contributed by atoms with E-state index in [0.717, 1.165) is 6.07 Å². The minimum absolute atomic E-state index is 0.277. The first-order chi connectivity index (χ1) is 5.82. The third kappa shape index (κ3) is 2.24. The number of phenols is 1. The van der Waals surface area contributed by atoms with Crippen LogP contribution in [0.25, 0.3) is 0 Å². The normalized spacial score (nSPS) is 11.6. The molecule has 0 saturated carbocycles. The van der Waals surface area contributed by atoms with Crippen molar-refractivity contribution in [2.24, 2.45) is 0 Å². The molecule has 3 nitrogen and oxygen atoms in total. The van der Waals surface area contributed by atoms with Crippen molar-refractivity contribution in [2.45, 2.75) is 4.90 Å². The van der Waals surface area contributed by atoms with Gasteiger partial charge in [-0.1, -0.05) is 11.6 Å². The Morgan fingerprint density at radius 3 is 2.38 bits per heavy atom. The standard InChI is InChI=1S/C6H3Cl2FO3S/c7-3-1-6(13(8,11)12)4(9)2-5(3)10/h1-2,10H. The minimum Gasteiger partial charge on any atom is -0.506 e. The highest BCUT2D eigenvalue weighted by Gasteiger charge is 2.18. The van der Waals surface area contributed by atoms with E-state index in [9.17, 15) is 12.8 Å². The Morgan fingerprint density at radius 1 is 1.38 bits per heavy atom. The Morgan fingerprint density at radius 2 is 1.92 bits per heavy atom.